The molecule has 0 N–H and O–H groups in total. The topological polar surface area (TPSA) is 13.1 Å². The summed E-state index contributed by atoms with van der Waals surface area (Å²) in [5, 5.41) is 14.6. The molecule has 0 aliphatic heterocycles. The molecule has 0 radical (unpaired) electrons. The fourth-order valence-electron chi connectivity index (χ4n) is 10.8. The zero-order chi connectivity index (χ0) is 39.7. The van der Waals surface area contributed by atoms with Crippen LogP contribution in [0.3, 0.4) is 0 Å². The van der Waals surface area contributed by atoms with Crippen LogP contribution >= 0.6 is 0 Å². The van der Waals surface area contributed by atoms with Gasteiger partial charge in [-0.1, -0.05) is 184 Å². The molecule has 1 aromatic heterocycles. The molecule has 13 rings (SSSR count). The van der Waals surface area contributed by atoms with Gasteiger partial charge in [0.2, 0.25) is 0 Å². The lowest BCUT2D eigenvalue weighted by Gasteiger charge is -2.22. The van der Waals surface area contributed by atoms with Gasteiger partial charge in [-0.15, -0.1) is 0 Å². The average Bonchev–Trinajstić information content (AvgIpc) is 3.81. The molecule has 0 unspecified atom stereocenters. The number of fused-ring (bicyclic) bond motifs is 15. The van der Waals surface area contributed by atoms with E-state index in [1.807, 2.05) is 0 Å². The summed E-state index contributed by atoms with van der Waals surface area (Å²) in [6, 6.07) is 71.9. The number of rotatable bonds is 3. The van der Waals surface area contributed by atoms with E-state index in [9.17, 15) is 0 Å². The highest BCUT2D eigenvalue weighted by atomic mass is 16.3. The fourth-order valence-corrected chi connectivity index (χ4v) is 10.8. The minimum absolute atomic E-state index is 0.0258. The number of furan rings is 1. The quantitative estimate of drug-likeness (QED) is 0.129. The Morgan fingerprint density at radius 1 is 0.317 bits per heavy atom. The normalized spacial score (nSPS) is 13.3. The standard InChI is InChI=1S/C59H38O/c1-59(2)52-22-12-11-16-42(52)51-34-39(29-32-53(51)59)55-46-20-9-7-18-44(46)54(45-19-8-10-21-47(45)55)37-25-23-35(24-26-37)38-28-30-48-50(33-38)41-15-5-6-17-43(41)56-49-31-27-36-13-3-4-14-40(36)57(49)60-58(48)56/h3-34H,1-2H3. The first kappa shape index (κ1) is 33.5. The fraction of sp³-hybridized carbons (Fsp3) is 0.0508. The summed E-state index contributed by atoms with van der Waals surface area (Å²) < 4.78 is 6.85. The lowest BCUT2D eigenvalue weighted by Crippen LogP contribution is -2.14. The number of hydrogen-bond donors (Lipinski definition) is 0. The van der Waals surface area contributed by atoms with Crippen molar-refractivity contribution >= 4 is 75.8 Å². The van der Waals surface area contributed by atoms with Gasteiger partial charge in [-0.25, -0.2) is 0 Å². The van der Waals surface area contributed by atoms with E-state index in [0.717, 1.165) is 27.3 Å². The predicted octanol–water partition coefficient (Wildman–Crippen LogP) is 16.7. The molecule has 280 valence electrons. The van der Waals surface area contributed by atoms with Crippen LogP contribution in [0.4, 0.5) is 0 Å². The minimum atomic E-state index is -0.0258. The van der Waals surface area contributed by atoms with E-state index in [2.05, 4.69) is 208 Å². The van der Waals surface area contributed by atoms with Crippen molar-refractivity contribution in [3.8, 4) is 44.5 Å². The van der Waals surface area contributed by atoms with Crippen LogP contribution in [0.25, 0.3) is 120 Å². The molecule has 0 spiro atoms. The van der Waals surface area contributed by atoms with Gasteiger partial charge in [0.1, 0.15) is 11.2 Å². The van der Waals surface area contributed by atoms with Crippen LogP contribution in [-0.4, -0.2) is 0 Å². The van der Waals surface area contributed by atoms with Crippen LogP contribution in [0.2, 0.25) is 0 Å². The molecule has 1 nitrogen and oxygen atoms in total. The van der Waals surface area contributed by atoms with Gasteiger partial charge in [0.05, 0.1) is 0 Å². The van der Waals surface area contributed by atoms with Crippen LogP contribution in [0.5, 0.6) is 0 Å². The minimum Gasteiger partial charge on any atom is -0.455 e. The summed E-state index contributed by atoms with van der Waals surface area (Å²) in [5.41, 5.74) is 14.8. The van der Waals surface area contributed by atoms with Gasteiger partial charge in [-0.2, -0.15) is 0 Å². The highest BCUT2D eigenvalue weighted by Gasteiger charge is 2.35. The Hall–Kier alpha value is -7.48. The van der Waals surface area contributed by atoms with Crippen LogP contribution in [-0.2, 0) is 5.41 Å². The number of hydrogen-bond acceptors (Lipinski definition) is 1. The van der Waals surface area contributed by atoms with E-state index < -0.39 is 0 Å². The van der Waals surface area contributed by atoms with Crippen molar-refractivity contribution in [1.82, 2.24) is 0 Å². The molecule has 1 aliphatic rings. The Morgan fingerprint density at radius 3 is 1.58 bits per heavy atom. The third kappa shape index (κ3) is 4.58. The highest BCUT2D eigenvalue weighted by molar-refractivity contribution is 6.32. The van der Waals surface area contributed by atoms with Crippen molar-refractivity contribution in [1.29, 1.82) is 0 Å². The Balaban J connectivity index is 0.961. The largest absolute Gasteiger partial charge is 0.455 e. The number of benzene rings is 11. The summed E-state index contributed by atoms with van der Waals surface area (Å²) in [6.45, 7) is 4.70. The lowest BCUT2D eigenvalue weighted by atomic mass is 9.81. The maximum Gasteiger partial charge on any atom is 0.143 e. The van der Waals surface area contributed by atoms with Gasteiger partial charge in [0.15, 0.2) is 0 Å². The van der Waals surface area contributed by atoms with Crippen molar-refractivity contribution in [3.05, 3.63) is 205 Å². The van der Waals surface area contributed by atoms with Crippen molar-refractivity contribution < 1.29 is 4.42 Å². The molecule has 0 atom stereocenters. The average molecular weight is 763 g/mol. The highest BCUT2D eigenvalue weighted by Crippen LogP contribution is 2.51. The molecular formula is C59H38O. The molecule has 12 aromatic rings. The molecular weight excluding hydrogens is 725 g/mol. The van der Waals surface area contributed by atoms with Crippen LogP contribution in [0, 0.1) is 0 Å². The zero-order valence-corrected chi connectivity index (χ0v) is 33.4. The molecule has 60 heavy (non-hydrogen) atoms. The summed E-state index contributed by atoms with van der Waals surface area (Å²) in [4.78, 5) is 0. The third-order valence-electron chi connectivity index (χ3n) is 13.6. The molecule has 11 aromatic carbocycles. The maximum absolute atomic E-state index is 6.85. The molecule has 0 fully saturated rings. The van der Waals surface area contributed by atoms with Crippen molar-refractivity contribution in [2.45, 2.75) is 19.3 Å². The summed E-state index contributed by atoms with van der Waals surface area (Å²) >= 11 is 0. The summed E-state index contributed by atoms with van der Waals surface area (Å²) in [5.74, 6) is 0. The van der Waals surface area contributed by atoms with E-state index in [-0.39, 0.29) is 5.41 Å². The second-order valence-corrected chi connectivity index (χ2v) is 17.1. The van der Waals surface area contributed by atoms with Crippen LogP contribution in [0.15, 0.2) is 199 Å². The van der Waals surface area contributed by atoms with Gasteiger partial charge < -0.3 is 4.42 Å². The first-order valence-electron chi connectivity index (χ1n) is 21.0. The molecule has 0 saturated carbocycles. The predicted molar refractivity (Wildman–Crippen MR) is 255 cm³/mol. The van der Waals surface area contributed by atoms with Crippen molar-refractivity contribution in [2.75, 3.05) is 0 Å². The van der Waals surface area contributed by atoms with E-state index >= 15 is 0 Å². The first-order chi connectivity index (χ1) is 29.5. The molecule has 1 heteroatoms. The lowest BCUT2D eigenvalue weighted by molar-refractivity contribution is 0.660. The first-order valence-corrected chi connectivity index (χ1v) is 21.0. The smallest absolute Gasteiger partial charge is 0.143 e. The van der Waals surface area contributed by atoms with E-state index in [4.69, 9.17) is 4.42 Å². The van der Waals surface area contributed by atoms with Gasteiger partial charge in [-0.3, -0.25) is 0 Å². The van der Waals surface area contributed by atoms with Gasteiger partial charge in [-0.05, 0) is 123 Å². The Morgan fingerprint density at radius 2 is 0.850 bits per heavy atom. The van der Waals surface area contributed by atoms with Gasteiger partial charge >= 0.3 is 0 Å². The second kappa shape index (κ2) is 12.3. The SMILES string of the molecule is CC1(C)c2ccccc2-c2cc(-c3c4ccccc4c(-c4ccc(-c5ccc6c(c5)c5ccccc5c5c7ccc8ccccc8c7oc65)cc4)c4ccccc34)ccc21. The Kier molecular flexibility index (Phi) is 6.85. The molecule has 0 bridgehead atoms. The molecule has 0 saturated heterocycles. The summed E-state index contributed by atoms with van der Waals surface area (Å²) in [7, 11) is 0. The monoisotopic (exact) mass is 762 g/mol. The van der Waals surface area contributed by atoms with E-state index in [1.54, 1.807) is 0 Å². The van der Waals surface area contributed by atoms with Crippen molar-refractivity contribution in [2.24, 2.45) is 0 Å². The molecule has 1 aliphatic carbocycles. The van der Waals surface area contributed by atoms with Gasteiger partial charge in [0.25, 0.3) is 0 Å². The molecule has 0 amide bonds. The van der Waals surface area contributed by atoms with Gasteiger partial charge in [0, 0.05) is 27.0 Å². The van der Waals surface area contributed by atoms with Crippen LogP contribution in [0.1, 0.15) is 25.0 Å². The van der Waals surface area contributed by atoms with Crippen LogP contribution < -0.4 is 0 Å². The second-order valence-electron chi connectivity index (χ2n) is 17.1. The van der Waals surface area contributed by atoms with Crippen molar-refractivity contribution in [3.63, 3.8) is 0 Å². The summed E-state index contributed by atoms with van der Waals surface area (Å²) in [6.07, 6.45) is 0. The van der Waals surface area contributed by atoms with E-state index in [1.165, 1.54) is 104 Å². The Bertz CT molecular complexity index is 3730. The van der Waals surface area contributed by atoms with E-state index in [0.29, 0.717) is 0 Å². The zero-order valence-electron chi connectivity index (χ0n) is 33.4. The maximum atomic E-state index is 6.85. The third-order valence-corrected chi connectivity index (χ3v) is 13.6. The Labute approximate surface area is 347 Å². The molecule has 1 heterocycles.